The van der Waals surface area contributed by atoms with Crippen molar-refractivity contribution in [1.29, 1.82) is 0 Å². The Hall–Kier alpha value is -1.70. The van der Waals surface area contributed by atoms with Crippen LogP contribution in [0.15, 0.2) is 17.0 Å². The molecule has 0 aliphatic rings. The van der Waals surface area contributed by atoms with Crippen LogP contribution in [0.1, 0.15) is 22.3 Å². The van der Waals surface area contributed by atoms with Crippen molar-refractivity contribution in [2.75, 3.05) is 12.0 Å². The normalized spacial score (nSPS) is 11.8. The first-order valence-electron chi connectivity index (χ1n) is 4.30. The molecule has 1 rings (SSSR count). The summed E-state index contributed by atoms with van der Waals surface area (Å²) in [4.78, 5) is 10.1. The quantitative estimate of drug-likeness (QED) is 0.803. The number of hydrogen-bond acceptors (Lipinski definition) is 4. The molecule has 0 unspecified atom stereocenters. The van der Waals surface area contributed by atoms with Crippen LogP contribution in [0.5, 0.6) is 0 Å². The molecule has 5 nitrogen and oxygen atoms in total. The van der Waals surface area contributed by atoms with Gasteiger partial charge >= 0.3 is 5.97 Å². The fourth-order valence-electron chi connectivity index (χ4n) is 1.40. The fraction of sp³-hybridized carbons (Fsp3) is 0.222. The lowest BCUT2D eigenvalue weighted by molar-refractivity contribution is 0.0684. The standard InChI is InChI=1S/C9H9F2NO4S/c1-17(15,16)5-3-2-4(12)6(9(13)14)7(5)8(10)11/h2-3,8H,12H2,1H3,(H,13,14). The van der Waals surface area contributed by atoms with Gasteiger partial charge in [-0.2, -0.15) is 0 Å². The van der Waals surface area contributed by atoms with Crippen molar-refractivity contribution in [3.8, 4) is 0 Å². The van der Waals surface area contributed by atoms with Crippen LogP contribution in [0, 0.1) is 0 Å². The molecule has 0 aromatic heterocycles. The molecule has 0 amide bonds. The smallest absolute Gasteiger partial charge is 0.338 e. The Balaban J connectivity index is 3.78. The molecule has 0 radical (unpaired) electrons. The summed E-state index contributed by atoms with van der Waals surface area (Å²) < 4.78 is 48.1. The first-order chi connectivity index (χ1) is 7.66. The second-order valence-electron chi connectivity index (χ2n) is 3.32. The third-order valence-electron chi connectivity index (χ3n) is 2.07. The lowest BCUT2D eigenvalue weighted by Gasteiger charge is -2.12. The summed E-state index contributed by atoms with van der Waals surface area (Å²) in [5, 5.41) is 8.78. The molecule has 0 fully saturated rings. The molecule has 8 heteroatoms. The molecule has 94 valence electrons. The number of benzene rings is 1. The summed E-state index contributed by atoms with van der Waals surface area (Å²) in [6.45, 7) is 0. The average Bonchev–Trinajstić information content (AvgIpc) is 2.14. The van der Waals surface area contributed by atoms with E-state index in [1.54, 1.807) is 0 Å². The van der Waals surface area contributed by atoms with Gasteiger partial charge in [0.05, 0.1) is 16.0 Å². The van der Waals surface area contributed by atoms with Crippen molar-refractivity contribution in [3.05, 3.63) is 23.3 Å². The van der Waals surface area contributed by atoms with Crippen LogP contribution >= 0.6 is 0 Å². The molecule has 0 saturated heterocycles. The Morgan fingerprint density at radius 3 is 2.29 bits per heavy atom. The van der Waals surface area contributed by atoms with E-state index in [2.05, 4.69) is 0 Å². The van der Waals surface area contributed by atoms with Gasteiger partial charge in [0.25, 0.3) is 6.43 Å². The van der Waals surface area contributed by atoms with Gasteiger partial charge in [0, 0.05) is 11.9 Å². The molecule has 3 N–H and O–H groups in total. The van der Waals surface area contributed by atoms with Crippen molar-refractivity contribution < 1.29 is 27.1 Å². The molecule has 0 saturated carbocycles. The van der Waals surface area contributed by atoms with E-state index in [4.69, 9.17) is 10.8 Å². The molecular formula is C9H9F2NO4S. The first-order valence-corrected chi connectivity index (χ1v) is 6.19. The number of aromatic carboxylic acids is 1. The predicted octanol–water partition coefficient (Wildman–Crippen LogP) is 1.31. The third-order valence-corrected chi connectivity index (χ3v) is 3.22. The van der Waals surface area contributed by atoms with Crippen LogP contribution in [0.3, 0.4) is 0 Å². The summed E-state index contributed by atoms with van der Waals surface area (Å²) in [5.74, 6) is -1.69. The number of sulfone groups is 1. The summed E-state index contributed by atoms with van der Waals surface area (Å²) >= 11 is 0. The monoisotopic (exact) mass is 265 g/mol. The highest BCUT2D eigenvalue weighted by Crippen LogP contribution is 2.33. The number of nitrogens with two attached hydrogens (primary N) is 1. The van der Waals surface area contributed by atoms with Crippen molar-refractivity contribution in [3.63, 3.8) is 0 Å². The molecule has 0 heterocycles. The van der Waals surface area contributed by atoms with Gasteiger partial charge in [-0.1, -0.05) is 0 Å². The van der Waals surface area contributed by atoms with Gasteiger partial charge in [0.2, 0.25) is 0 Å². The summed E-state index contributed by atoms with van der Waals surface area (Å²) in [7, 11) is -3.95. The number of carboxylic acids is 1. The summed E-state index contributed by atoms with van der Waals surface area (Å²) in [5.41, 5.74) is 2.92. The van der Waals surface area contributed by atoms with Gasteiger partial charge in [-0.3, -0.25) is 0 Å². The van der Waals surface area contributed by atoms with E-state index in [0.717, 1.165) is 18.4 Å². The Labute approximate surface area is 95.8 Å². The van der Waals surface area contributed by atoms with E-state index in [9.17, 15) is 22.0 Å². The lowest BCUT2D eigenvalue weighted by Crippen LogP contribution is -2.12. The topological polar surface area (TPSA) is 97.5 Å². The number of hydrogen-bond donors (Lipinski definition) is 2. The zero-order valence-electron chi connectivity index (χ0n) is 8.65. The Morgan fingerprint density at radius 1 is 1.41 bits per heavy atom. The highest BCUT2D eigenvalue weighted by atomic mass is 32.2. The van der Waals surface area contributed by atoms with Gasteiger partial charge in [0.1, 0.15) is 0 Å². The number of halogens is 2. The van der Waals surface area contributed by atoms with Crippen LogP contribution in [-0.4, -0.2) is 25.7 Å². The van der Waals surface area contributed by atoms with Crippen LogP contribution in [-0.2, 0) is 9.84 Å². The Kier molecular flexibility index (Phi) is 3.37. The summed E-state index contributed by atoms with van der Waals surface area (Å²) in [6, 6.07) is 1.85. The van der Waals surface area contributed by atoms with Crippen molar-refractivity contribution in [2.45, 2.75) is 11.3 Å². The molecule has 1 aromatic carbocycles. The second-order valence-corrected chi connectivity index (χ2v) is 5.30. The Morgan fingerprint density at radius 2 is 1.94 bits per heavy atom. The first kappa shape index (κ1) is 13.4. The molecule has 17 heavy (non-hydrogen) atoms. The zero-order valence-corrected chi connectivity index (χ0v) is 9.46. The largest absolute Gasteiger partial charge is 0.478 e. The maximum atomic E-state index is 12.8. The van der Waals surface area contributed by atoms with Crippen LogP contribution in [0.4, 0.5) is 14.5 Å². The van der Waals surface area contributed by atoms with E-state index in [1.165, 1.54) is 0 Å². The average molecular weight is 265 g/mol. The van der Waals surface area contributed by atoms with Crippen LogP contribution in [0.2, 0.25) is 0 Å². The van der Waals surface area contributed by atoms with Gasteiger partial charge in [-0.25, -0.2) is 22.0 Å². The molecule has 0 aliphatic heterocycles. The number of alkyl halides is 2. The maximum Gasteiger partial charge on any atom is 0.338 e. The van der Waals surface area contributed by atoms with E-state index < -0.39 is 43.9 Å². The summed E-state index contributed by atoms with van der Waals surface area (Å²) in [6.07, 6.45) is -2.52. The number of carboxylic acid groups (broad SMARTS) is 1. The molecular weight excluding hydrogens is 256 g/mol. The molecule has 0 aliphatic carbocycles. The highest BCUT2D eigenvalue weighted by Gasteiger charge is 2.28. The number of anilines is 1. The molecule has 0 spiro atoms. The SMILES string of the molecule is CS(=O)(=O)c1ccc(N)c(C(=O)O)c1C(F)F. The highest BCUT2D eigenvalue weighted by molar-refractivity contribution is 7.90. The lowest BCUT2D eigenvalue weighted by atomic mass is 10.1. The predicted molar refractivity (Wildman–Crippen MR) is 55.9 cm³/mol. The Bertz CT molecular complexity index is 569. The number of carbonyl (C=O) groups is 1. The maximum absolute atomic E-state index is 12.8. The van der Waals surface area contributed by atoms with Crippen LogP contribution in [0.25, 0.3) is 0 Å². The minimum atomic E-state index is -3.95. The third kappa shape index (κ3) is 2.52. The van der Waals surface area contributed by atoms with E-state index in [-0.39, 0.29) is 0 Å². The van der Waals surface area contributed by atoms with Gasteiger partial charge in [-0.15, -0.1) is 0 Å². The molecule has 1 aromatic rings. The minimum absolute atomic E-state index is 0.403. The molecule has 0 bridgehead atoms. The van der Waals surface area contributed by atoms with Crippen LogP contribution < -0.4 is 5.73 Å². The van der Waals surface area contributed by atoms with E-state index in [0.29, 0.717) is 0 Å². The van der Waals surface area contributed by atoms with Gasteiger partial charge < -0.3 is 10.8 Å². The second kappa shape index (κ2) is 4.28. The van der Waals surface area contributed by atoms with Gasteiger partial charge in [-0.05, 0) is 12.1 Å². The zero-order chi connectivity index (χ0) is 13.4. The minimum Gasteiger partial charge on any atom is -0.478 e. The van der Waals surface area contributed by atoms with Crippen molar-refractivity contribution in [1.82, 2.24) is 0 Å². The van der Waals surface area contributed by atoms with Gasteiger partial charge in [0.15, 0.2) is 9.84 Å². The number of rotatable bonds is 3. The molecule has 0 atom stereocenters. The van der Waals surface area contributed by atoms with Crippen molar-refractivity contribution in [2.24, 2.45) is 0 Å². The fourth-order valence-corrected chi connectivity index (χ4v) is 2.30. The van der Waals surface area contributed by atoms with E-state index in [1.807, 2.05) is 0 Å². The van der Waals surface area contributed by atoms with Crippen molar-refractivity contribution >= 4 is 21.5 Å². The van der Waals surface area contributed by atoms with E-state index >= 15 is 0 Å². The number of nitrogen functional groups attached to an aromatic ring is 1.